The van der Waals surface area contributed by atoms with E-state index in [1.54, 1.807) is 31.0 Å². The van der Waals surface area contributed by atoms with Crippen LogP contribution >= 0.6 is 11.8 Å². The van der Waals surface area contributed by atoms with Crippen LogP contribution in [0.25, 0.3) is 0 Å². The van der Waals surface area contributed by atoms with Crippen LogP contribution in [0.1, 0.15) is 68.8 Å². The van der Waals surface area contributed by atoms with Crippen molar-refractivity contribution in [2.75, 3.05) is 26.0 Å². The number of β-amino-alcohol motifs (C(OH)–C–C–N with tert-alkyl or cyclic N) is 1. The highest BCUT2D eigenvalue weighted by Crippen LogP contribution is 2.39. The normalized spacial score (nSPS) is 22.7. The van der Waals surface area contributed by atoms with E-state index in [0.29, 0.717) is 35.4 Å². The Morgan fingerprint density at radius 1 is 1.07 bits per heavy atom. The van der Waals surface area contributed by atoms with E-state index in [-0.39, 0.29) is 23.4 Å². The summed E-state index contributed by atoms with van der Waals surface area (Å²) in [5.41, 5.74) is 0.953. The van der Waals surface area contributed by atoms with Crippen molar-refractivity contribution in [3.8, 4) is 5.75 Å². The van der Waals surface area contributed by atoms with E-state index >= 15 is 0 Å². The van der Waals surface area contributed by atoms with Gasteiger partial charge in [0, 0.05) is 40.4 Å². The molecule has 5 atom stereocenters. The van der Waals surface area contributed by atoms with Gasteiger partial charge < -0.3 is 20.5 Å². The molecule has 1 heterocycles. The molecule has 3 N–H and O–H groups in total. The van der Waals surface area contributed by atoms with E-state index in [9.17, 15) is 14.7 Å². The van der Waals surface area contributed by atoms with Crippen LogP contribution in [0.4, 0.5) is 0 Å². The van der Waals surface area contributed by atoms with Crippen molar-refractivity contribution < 1.29 is 19.4 Å². The molecular weight excluding hydrogens is 534 g/mol. The quantitative estimate of drug-likeness (QED) is 0.340. The van der Waals surface area contributed by atoms with Crippen LogP contribution in [0, 0.1) is 18.8 Å². The summed E-state index contributed by atoms with van der Waals surface area (Å²) in [6.45, 7) is 8.99. The van der Waals surface area contributed by atoms with Crippen LogP contribution in [0.2, 0.25) is 0 Å². The number of likely N-dealkylation sites (tertiary alicyclic amines) is 1. The summed E-state index contributed by atoms with van der Waals surface area (Å²) in [5, 5.41) is 18.0. The largest absolute Gasteiger partial charge is 0.496 e. The Kier molecular flexibility index (Phi) is 10.8. The molecule has 2 aromatic carbocycles. The molecule has 1 saturated carbocycles. The Bertz CT molecular complexity index is 1170. The minimum atomic E-state index is -0.855. The highest BCUT2D eigenvalue weighted by molar-refractivity contribution is 7.99. The molecule has 7 nitrogen and oxygen atoms in total. The first-order chi connectivity index (χ1) is 19.6. The lowest BCUT2D eigenvalue weighted by Crippen LogP contribution is -2.60. The number of fused-ring (bicyclic) bond motifs is 1. The molecule has 1 aliphatic carbocycles. The first kappa shape index (κ1) is 31.4. The van der Waals surface area contributed by atoms with Crippen molar-refractivity contribution in [2.24, 2.45) is 11.8 Å². The second-order valence-corrected chi connectivity index (χ2v) is 13.7. The minimum Gasteiger partial charge on any atom is -0.496 e. The van der Waals surface area contributed by atoms with E-state index in [2.05, 4.69) is 15.5 Å². The van der Waals surface area contributed by atoms with Crippen molar-refractivity contribution in [3.63, 3.8) is 0 Å². The van der Waals surface area contributed by atoms with E-state index in [1.165, 1.54) is 25.7 Å². The number of amides is 2. The van der Waals surface area contributed by atoms with Gasteiger partial charge >= 0.3 is 0 Å². The number of methoxy groups -OCH3 is 1. The molecule has 1 saturated heterocycles. The monoisotopic (exact) mass is 581 g/mol. The van der Waals surface area contributed by atoms with Crippen LogP contribution in [-0.2, 0) is 4.79 Å². The number of aliphatic hydroxyl groups excluding tert-OH is 1. The molecule has 2 aliphatic rings. The molecule has 2 amide bonds. The molecule has 0 unspecified atom stereocenters. The molecule has 0 aromatic heterocycles. The van der Waals surface area contributed by atoms with Gasteiger partial charge in [0.25, 0.3) is 5.91 Å². The fourth-order valence-corrected chi connectivity index (χ4v) is 7.30. The van der Waals surface area contributed by atoms with Crippen molar-refractivity contribution in [1.82, 2.24) is 15.5 Å². The number of carbonyl (C=O) groups is 2. The van der Waals surface area contributed by atoms with Crippen LogP contribution in [-0.4, -0.2) is 71.5 Å². The SMILES string of the molecule is COc1cccc(C(=O)N[C@@H](CSc2ccccc2)[C@H](O)CN2C[C@H]3CCCC[C@H]3C[C@H]2C(=O)NC(C)(C)C)c1C. The molecule has 0 radical (unpaired) electrons. The smallest absolute Gasteiger partial charge is 0.252 e. The van der Waals surface area contributed by atoms with Crippen LogP contribution in [0.5, 0.6) is 5.75 Å². The number of nitrogens with zero attached hydrogens (tertiary/aromatic N) is 1. The van der Waals surface area contributed by atoms with E-state index in [1.807, 2.05) is 64.1 Å². The summed E-state index contributed by atoms with van der Waals surface area (Å²) < 4.78 is 5.43. The third-order valence-corrected chi connectivity index (χ3v) is 9.56. The first-order valence-electron chi connectivity index (χ1n) is 14.9. The number of hydrogen-bond acceptors (Lipinski definition) is 6. The summed E-state index contributed by atoms with van der Waals surface area (Å²) >= 11 is 1.60. The number of aliphatic hydroxyl groups is 1. The zero-order chi connectivity index (χ0) is 29.6. The maximum Gasteiger partial charge on any atom is 0.252 e. The van der Waals surface area contributed by atoms with Gasteiger partial charge in [-0.2, -0.15) is 0 Å². The average Bonchev–Trinajstić information content (AvgIpc) is 2.94. The topological polar surface area (TPSA) is 90.9 Å². The third-order valence-electron chi connectivity index (χ3n) is 8.43. The lowest BCUT2D eigenvalue weighted by Gasteiger charge is -2.47. The second kappa shape index (κ2) is 14.1. The number of nitrogens with one attached hydrogen (secondary N) is 2. The Labute approximate surface area is 249 Å². The molecule has 41 heavy (non-hydrogen) atoms. The van der Waals surface area contributed by atoms with Crippen molar-refractivity contribution in [2.45, 2.75) is 88.4 Å². The minimum absolute atomic E-state index is 0.0278. The number of benzene rings is 2. The van der Waals surface area contributed by atoms with Gasteiger partial charge in [-0.1, -0.05) is 43.5 Å². The number of rotatable bonds is 10. The summed E-state index contributed by atoms with van der Waals surface area (Å²) in [6, 6.07) is 14.6. The van der Waals surface area contributed by atoms with Crippen LogP contribution in [0.3, 0.4) is 0 Å². The maximum absolute atomic E-state index is 13.5. The molecule has 0 bridgehead atoms. The fourth-order valence-electron chi connectivity index (χ4n) is 6.27. The predicted octanol–water partition coefficient (Wildman–Crippen LogP) is 5.05. The highest BCUT2D eigenvalue weighted by Gasteiger charge is 2.41. The fraction of sp³-hybridized carbons (Fsp3) is 0.576. The van der Waals surface area contributed by atoms with Crippen molar-refractivity contribution in [1.29, 1.82) is 0 Å². The summed E-state index contributed by atoms with van der Waals surface area (Å²) in [6.07, 6.45) is 4.76. The molecular formula is C33H47N3O4S. The predicted molar refractivity (Wildman–Crippen MR) is 165 cm³/mol. The van der Waals surface area contributed by atoms with Gasteiger partial charge in [-0.05, 0) is 76.6 Å². The standard InChI is InChI=1S/C33H47N3O4S/c1-22-26(16-11-17-30(22)40-5)31(38)34-27(21-41-25-14-7-6-8-15-25)29(37)20-36-19-24-13-10-9-12-23(24)18-28(36)32(39)35-33(2,3)4/h6-8,11,14-17,23-24,27-29,37H,9-10,12-13,18-21H2,1-5H3,(H,34,38)(H,35,39)/t23-,24+,27-,28-,29+/m0/s1. The number of ether oxygens (including phenoxy) is 1. The molecule has 224 valence electrons. The summed E-state index contributed by atoms with van der Waals surface area (Å²) in [7, 11) is 1.59. The van der Waals surface area contributed by atoms with Gasteiger partial charge in [0.2, 0.25) is 5.91 Å². The van der Waals surface area contributed by atoms with Gasteiger partial charge in [-0.15, -0.1) is 11.8 Å². The van der Waals surface area contributed by atoms with Gasteiger partial charge in [0.15, 0.2) is 0 Å². The molecule has 8 heteroatoms. The lowest BCUT2D eigenvalue weighted by molar-refractivity contribution is -0.132. The summed E-state index contributed by atoms with van der Waals surface area (Å²) in [4.78, 5) is 30.3. The number of hydrogen-bond donors (Lipinski definition) is 3. The first-order valence-corrected chi connectivity index (χ1v) is 15.9. The van der Waals surface area contributed by atoms with Crippen LogP contribution < -0.4 is 15.4 Å². The molecule has 4 rings (SSSR count). The van der Waals surface area contributed by atoms with Gasteiger partial charge in [-0.25, -0.2) is 0 Å². The number of thioether (sulfide) groups is 1. The molecule has 2 fully saturated rings. The van der Waals surface area contributed by atoms with Crippen molar-refractivity contribution in [3.05, 3.63) is 59.7 Å². The van der Waals surface area contributed by atoms with Gasteiger partial charge in [-0.3, -0.25) is 14.5 Å². The Balaban J connectivity index is 1.54. The van der Waals surface area contributed by atoms with Crippen molar-refractivity contribution >= 4 is 23.6 Å². The maximum atomic E-state index is 13.5. The second-order valence-electron chi connectivity index (χ2n) is 12.7. The summed E-state index contributed by atoms with van der Waals surface area (Å²) in [5.74, 6) is 2.02. The van der Waals surface area contributed by atoms with Gasteiger partial charge in [0.1, 0.15) is 5.75 Å². The molecule has 2 aromatic rings. The van der Waals surface area contributed by atoms with Gasteiger partial charge in [0.05, 0.1) is 25.3 Å². The van der Waals surface area contributed by atoms with E-state index in [0.717, 1.165) is 23.4 Å². The number of piperidine rings is 1. The van der Waals surface area contributed by atoms with Crippen LogP contribution in [0.15, 0.2) is 53.4 Å². The average molecular weight is 582 g/mol. The number of carbonyl (C=O) groups excluding carboxylic acids is 2. The third kappa shape index (κ3) is 8.49. The Morgan fingerprint density at radius 2 is 1.78 bits per heavy atom. The molecule has 0 spiro atoms. The Morgan fingerprint density at radius 3 is 2.46 bits per heavy atom. The zero-order valence-corrected chi connectivity index (χ0v) is 26.0. The zero-order valence-electron chi connectivity index (χ0n) is 25.2. The van der Waals surface area contributed by atoms with E-state index in [4.69, 9.17) is 4.74 Å². The lowest BCUT2D eigenvalue weighted by atomic mass is 9.72. The Hall–Kier alpha value is -2.55. The molecule has 1 aliphatic heterocycles. The van der Waals surface area contributed by atoms with E-state index < -0.39 is 12.1 Å². The highest BCUT2D eigenvalue weighted by atomic mass is 32.2.